The predicted molar refractivity (Wildman–Crippen MR) is 177 cm³/mol. The molecule has 0 atom stereocenters. The number of halogens is 2. The molecule has 4 aliphatic rings. The van der Waals surface area contributed by atoms with Crippen molar-refractivity contribution < 1.29 is 13.6 Å². The minimum atomic E-state index is -0.694. The summed E-state index contributed by atoms with van der Waals surface area (Å²) in [5.74, 6) is -0.0685. The molecule has 2 aromatic heterocycles. The molecule has 250 valence electrons. The molecule has 4 fully saturated rings. The van der Waals surface area contributed by atoms with Crippen LogP contribution in [0, 0.1) is 17.6 Å². The number of likely N-dealkylation sites (tertiary alicyclic amines) is 2. The number of benzene rings is 1. The Morgan fingerprint density at radius 2 is 1.59 bits per heavy atom. The van der Waals surface area contributed by atoms with E-state index in [1.165, 1.54) is 38.1 Å². The third-order valence-corrected chi connectivity index (χ3v) is 10.6. The van der Waals surface area contributed by atoms with Crippen LogP contribution >= 0.6 is 0 Å². The number of carbonyl (C=O) groups excluding carboxylic acids is 1. The molecule has 2 aliphatic heterocycles. The van der Waals surface area contributed by atoms with Crippen LogP contribution in [0.1, 0.15) is 90.5 Å². The third-order valence-electron chi connectivity index (χ3n) is 10.6. The molecule has 7 rings (SSSR count). The van der Waals surface area contributed by atoms with Gasteiger partial charge in [0.25, 0.3) is 0 Å². The van der Waals surface area contributed by atoms with E-state index in [0.717, 1.165) is 83.4 Å². The highest BCUT2D eigenvalue weighted by Crippen LogP contribution is 2.38. The molecule has 2 saturated heterocycles. The Balaban J connectivity index is 0.00000372. The number of imidazole rings is 1. The molecule has 1 aromatic carbocycles. The molecular formula is C34H49F2N9O. The topological polar surface area (TPSA) is 117 Å². The second-order valence-corrected chi connectivity index (χ2v) is 13.5. The molecule has 1 amide bonds. The van der Waals surface area contributed by atoms with Crippen LogP contribution in [0.15, 0.2) is 24.4 Å². The Kier molecular flexibility index (Phi) is 10.0. The van der Waals surface area contributed by atoms with Gasteiger partial charge in [0.2, 0.25) is 17.8 Å². The summed E-state index contributed by atoms with van der Waals surface area (Å²) in [7, 11) is 0. The van der Waals surface area contributed by atoms with Crippen LogP contribution in [0.4, 0.5) is 26.4 Å². The number of amides is 1. The van der Waals surface area contributed by atoms with E-state index >= 15 is 0 Å². The van der Waals surface area contributed by atoms with Crippen LogP contribution in [0.25, 0.3) is 11.2 Å². The minimum absolute atomic E-state index is 0. The van der Waals surface area contributed by atoms with Crippen LogP contribution in [0.3, 0.4) is 0 Å². The normalized spacial score (nSPS) is 26.2. The third kappa shape index (κ3) is 6.97. The van der Waals surface area contributed by atoms with E-state index in [0.29, 0.717) is 29.1 Å². The van der Waals surface area contributed by atoms with Crippen LogP contribution in [-0.4, -0.2) is 79.5 Å². The van der Waals surface area contributed by atoms with Crippen molar-refractivity contribution in [1.82, 2.24) is 29.3 Å². The second kappa shape index (κ2) is 14.2. The fraction of sp³-hybridized carbons (Fsp3) is 0.647. The van der Waals surface area contributed by atoms with Gasteiger partial charge in [0.1, 0.15) is 17.2 Å². The molecule has 12 heteroatoms. The zero-order chi connectivity index (χ0) is 30.9. The molecule has 3 aromatic rings. The van der Waals surface area contributed by atoms with Gasteiger partial charge in [-0.3, -0.25) is 9.36 Å². The number of nitrogens with zero attached hydrogens (tertiary/aromatic N) is 6. The quantitative estimate of drug-likeness (QED) is 0.290. The minimum Gasteiger partial charge on any atom is -0.351 e. The highest BCUT2D eigenvalue weighted by Gasteiger charge is 2.35. The van der Waals surface area contributed by atoms with Crippen molar-refractivity contribution in [1.29, 1.82) is 0 Å². The fourth-order valence-electron chi connectivity index (χ4n) is 7.95. The number of anilines is 3. The summed E-state index contributed by atoms with van der Waals surface area (Å²) in [6.45, 7) is 4.11. The average molecular weight is 638 g/mol. The van der Waals surface area contributed by atoms with Crippen LogP contribution in [0.5, 0.6) is 0 Å². The highest BCUT2D eigenvalue weighted by atomic mass is 19.1. The van der Waals surface area contributed by atoms with Gasteiger partial charge in [0.05, 0.1) is 11.9 Å². The van der Waals surface area contributed by atoms with E-state index in [4.69, 9.17) is 15.7 Å². The summed E-state index contributed by atoms with van der Waals surface area (Å²) in [6.07, 6.45) is 13.4. The number of nitrogens with two attached hydrogens (primary N) is 1. The summed E-state index contributed by atoms with van der Waals surface area (Å²) < 4.78 is 30.4. The van der Waals surface area contributed by atoms with Crippen molar-refractivity contribution in [2.24, 2.45) is 11.7 Å². The number of hydrogen-bond acceptors (Lipinski definition) is 8. The van der Waals surface area contributed by atoms with Crippen molar-refractivity contribution in [2.45, 2.75) is 109 Å². The average Bonchev–Trinajstić information content (AvgIpc) is 3.72. The smallest absolute Gasteiger partial charge is 0.225 e. The second-order valence-electron chi connectivity index (χ2n) is 13.5. The van der Waals surface area contributed by atoms with E-state index in [1.54, 1.807) is 6.20 Å². The number of rotatable bonds is 7. The summed E-state index contributed by atoms with van der Waals surface area (Å²) in [5, 5.41) is 6.59. The molecule has 2 aliphatic carbocycles. The van der Waals surface area contributed by atoms with Gasteiger partial charge in [0, 0.05) is 49.2 Å². The molecule has 0 bridgehead atoms. The molecule has 0 radical (unpaired) electrons. The number of aromatic nitrogens is 4. The lowest BCUT2D eigenvalue weighted by molar-refractivity contribution is -0.138. The Labute approximate surface area is 270 Å². The van der Waals surface area contributed by atoms with E-state index in [1.807, 2.05) is 4.57 Å². The summed E-state index contributed by atoms with van der Waals surface area (Å²) in [5.41, 5.74) is 7.49. The summed E-state index contributed by atoms with van der Waals surface area (Å²) in [4.78, 5) is 32.5. The Hall–Kier alpha value is -3.38. The number of nitrogens with one attached hydrogen (secondary N) is 2. The first-order valence-corrected chi connectivity index (χ1v) is 16.9. The van der Waals surface area contributed by atoms with Crippen molar-refractivity contribution in [3.63, 3.8) is 0 Å². The predicted octanol–water partition coefficient (Wildman–Crippen LogP) is 5.98. The Morgan fingerprint density at radius 1 is 0.870 bits per heavy atom. The molecule has 4 heterocycles. The van der Waals surface area contributed by atoms with Gasteiger partial charge < -0.3 is 26.2 Å². The van der Waals surface area contributed by atoms with Crippen molar-refractivity contribution >= 4 is 34.7 Å². The lowest BCUT2D eigenvalue weighted by atomic mass is 9.84. The fourth-order valence-corrected chi connectivity index (χ4v) is 7.95. The zero-order valence-electron chi connectivity index (χ0n) is 25.9. The van der Waals surface area contributed by atoms with Crippen LogP contribution in [0.2, 0.25) is 0 Å². The number of fused-ring (bicyclic) bond motifs is 1. The number of hydrogen-bond donors (Lipinski definition) is 3. The molecule has 4 N–H and O–H groups in total. The SMILES string of the molecule is C.NC1CCC(Nc2ncc3nc(Nc4ccc(F)cc4F)n(C4CCC(C(=O)N5CCC(N6CCCC6)CC5)CC4)c3n2)CC1. The molecule has 46 heavy (non-hydrogen) atoms. The van der Waals surface area contributed by atoms with Gasteiger partial charge in [-0.2, -0.15) is 4.98 Å². The van der Waals surface area contributed by atoms with Crippen LogP contribution in [-0.2, 0) is 4.79 Å². The van der Waals surface area contributed by atoms with E-state index in [-0.39, 0.29) is 43.1 Å². The lowest BCUT2D eigenvalue weighted by Crippen LogP contribution is -2.48. The maximum absolute atomic E-state index is 14.7. The maximum Gasteiger partial charge on any atom is 0.225 e. The molecule has 10 nitrogen and oxygen atoms in total. The Morgan fingerprint density at radius 3 is 2.28 bits per heavy atom. The first kappa shape index (κ1) is 32.6. The highest BCUT2D eigenvalue weighted by molar-refractivity contribution is 5.79. The van der Waals surface area contributed by atoms with E-state index in [2.05, 4.69) is 25.4 Å². The standard InChI is InChI=1S/C33H45F2N9O.CH4/c34-22-5-12-28(27(35)19-22)39-33-40-29-20-37-32(38-24-8-6-23(36)7-9-24)41-30(29)44(33)26-10-3-21(4-11-26)31(45)43-17-13-25(14-18-43)42-15-1-2-16-42;/h5,12,19-21,23-26H,1-4,6-11,13-18,36H2,(H,39,40)(H,37,38,41);1H4. The van der Waals surface area contributed by atoms with Gasteiger partial charge in [-0.25, -0.2) is 18.7 Å². The molecule has 0 spiro atoms. The maximum atomic E-state index is 14.7. The number of carbonyl (C=O) groups is 1. The largest absolute Gasteiger partial charge is 0.351 e. The lowest BCUT2D eigenvalue weighted by Gasteiger charge is -2.39. The van der Waals surface area contributed by atoms with Gasteiger partial charge >= 0.3 is 0 Å². The van der Waals surface area contributed by atoms with Gasteiger partial charge in [-0.1, -0.05) is 7.43 Å². The first-order valence-electron chi connectivity index (χ1n) is 16.9. The zero-order valence-corrected chi connectivity index (χ0v) is 25.9. The summed E-state index contributed by atoms with van der Waals surface area (Å²) in [6, 6.07) is 4.60. The molecule has 0 unspecified atom stereocenters. The summed E-state index contributed by atoms with van der Waals surface area (Å²) >= 11 is 0. The van der Waals surface area contributed by atoms with Crippen molar-refractivity contribution in [3.8, 4) is 0 Å². The van der Waals surface area contributed by atoms with Crippen molar-refractivity contribution in [2.75, 3.05) is 36.8 Å². The van der Waals surface area contributed by atoms with E-state index < -0.39 is 11.6 Å². The Bertz CT molecular complexity index is 1490. The molecular weight excluding hydrogens is 588 g/mol. The number of piperidine rings is 1. The van der Waals surface area contributed by atoms with Gasteiger partial charge in [-0.15, -0.1) is 0 Å². The van der Waals surface area contributed by atoms with Gasteiger partial charge in [-0.05, 0) is 102 Å². The van der Waals surface area contributed by atoms with Crippen molar-refractivity contribution in [3.05, 3.63) is 36.0 Å². The first-order chi connectivity index (χ1) is 21.9. The van der Waals surface area contributed by atoms with Crippen LogP contribution < -0.4 is 16.4 Å². The van der Waals surface area contributed by atoms with E-state index in [9.17, 15) is 13.6 Å². The monoisotopic (exact) mass is 637 g/mol. The molecule has 2 saturated carbocycles. The van der Waals surface area contributed by atoms with Gasteiger partial charge in [0.15, 0.2) is 5.65 Å².